The molecule has 0 saturated heterocycles. The third-order valence-corrected chi connectivity index (χ3v) is 3.83. The van der Waals surface area contributed by atoms with Gasteiger partial charge in [-0.2, -0.15) is 0 Å². The van der Waals surface area contributed by atoms with Gasteiger partial charge >= 0.3 is 0 Å². The van der Waals surface area contributed by atoms with E-state index >= 15 is 0 Å². The van der Waals surface area contributed by atoms with Crippen molar-refractivity contribution in [3.05, 3.63) is 39.1 Å². The monoisotopic (exact) mass is 310 g/mol. The van der Waals surface area contributed by atoms with Gasteiger partial charge in [-0.1, -0.05) is 18.3 Å². The van der Waals surface area contributed by atoms with E-state index in [2.05, 4.69) is 15.5 Å². The molecule has 112 valence electrons. The number of halogens is 1. The second-order valence-electron chi connectivity index (χ2n) is 4.41. The van der Waals surface area contributed by atoms with Gasteiger partial charge in [0, 0.05) is 18.1 Å². The summed E-state index contributed by atoms with van der Waals surface area (Å²) >= 11 is 1.33. The van der Waals surface area contributed by atoms with E-state index in [-0.39, 0.29) is 5.69 Å². The van der Waals surface area contributed by atoms with E-state index in [0.29, 0.717) is 10.6 Å². The smallest absolute Gasteiger partial charge is 0.273 e. The van der Waals surface area contributed by atoms with Crippen molar-refractivity contribution in [3.63, 3.8) is 0 Å². The number of rotatable bonds is 7. The third-order valence-electron chi connectivity index (χ3n) is 2.80. The number of nitrogens with one attached hydrogen (secondary N) is 1. The zero-order valence-electron chi connectivity index (χ0n) is 11.5. The predicted octanol–water partition coefficient (Wildman–Crippen LogP) is 2.79. The summed E-state index contributed by atoms with van der Waals surface area (Å²) in [6.45, 7) is 3.87. The minimum atomic E-state index is -0.650. The molecule has 0 atom stereocenters. The molecule has 21 heavy (non-hydrogen) atoms. The van der Waals surface area contributed by atoms with E-state index in [0.717, 1.165) is 37.0 Å². The second-order valence-corrected chi connectivity index (χ2v) is 5.48. The van der Waals surface area contributed by atoms with Gasteiger partial charge in [-0.25, -0.2) is 4.39 Å². The van der Waals surface area contributed by atoms with Crippen LogP contribution in [0.25, 0.3) is 10.6 Å². The Morgan fingerprint density at radius 1 is 1.38 bits per heavy atom. The molecule has 2 rings (SSSR count). The van der Waals surface area contributed by atoms with E-state index in [4.69, 9.17) is 0 Å². The molecule has 8 heteroatoms. The Hall–Kier alpha value is -1.93. The topological polar surface area (TPSA) is 81.0 Å². The standard InChI is InChI=1S/C13H15FN4O2S/c1-2-15-5-3-4-12-16-17-13(21-12)9-6-10(14)8-11(7-9)18(19)20/h6-8,15H,2-5H2,1H3. The highest BCUT2D eigenvalue weighted by Crippen LogP contribution is 2.28. The molecule has 0 aliphatic carbocycles. The Labute approximate surface area is 125 Å². The van der Waals surface area contributed by atoms with Crippen LogP contribution >= 0.6 is 11.3 Å². The number of nitro benzene ring substituents is 1. The fraction of sp³-hybridized carbons (Fsp3) is 0.385. The van der Waals surface area contributed by atoms with E-state index in [1.165, 1.54) is 23.5 Å². The largest absolute Gasteiger partial charge is 0.317 e. The molecule has 1 heterocycles. The van der Waals surface area contributed by atoms with Gasteiger partial charge in [0.1, 0.15) is 15.8 Å². The van der Waals surface area contributed by atoms with E-state index in [1.54, 1.807) is 0 Å². The summed E-state index contributed by atoms with van der Waals surface area (Å²) in [7, 11) is 0. The molecule has 0 spiro atoms. The average Bonchev–Trinajstić information content (AvgIpc) is 2.92. The number of hydrogen-bond donors (Lipinski definition) is 1. The van der Waals surface area contributed by atoms with Crippen LogP contribution in [0.3, 0.4) is 0 Å². The first kappa shape index (κ1) is 15.5. The summed E-state index contributed by atoms with van der Waals surface area (Å²) in [5.74, 6) is -0.650. The molecule has 0 fully saturated rings. The lowest BCUT2D eigenvalue weighted by atomic mass is 10.2. The van der Waals surface area contributed by atoms with Crippen molar-refractivity contribution in [2.45, 2.75) is 19.8 Å². The molecule has 0 radical (unpaired) electrons. The molecular formula is C13H15FN4O2S. The normalized spacial score (nSPS) is 10.8. The molecular weight excluding hydrogens is 295 g/mol. The first-order chi connectivity index (χ1) is 10.1. The van der Waals surface area contributed by atoms with Crippen molar-refractivity contribution in [1.29, 1.82) is 0 Å². The highest BCUT2D eigenvalue weighted by Gasteiger charge is 2.14. The van der Waals surface area contributed by atoms with Gasteiger partial charge in [0.25, 0.3) is 5.69 Å². The van der Waals surface area contributed by atoms with Crippen LogP contribution in [0.5, 0.6) is 0 Å². The molecule has 0 saturated carbocycles. The summed E-state index contributed by atoms with van der Waals surface area (Å²) < 4.78 is 13.4. The minimum Gasteiger partial charge on any atom is -0.317 e. The molecule has 0 aliphatic rings. The predicted molar refractivity (Wildman–Crippen MR) is 78.8 cm³/mol. The molecule has 0 aliphatic heterocycles. The van der Waals surface area contributed by atoms with Gasteiger partial charge in [0.15, 0.2) is 0 Å². The van der Waals surface area contributed by atoms with Gasteiger partial charge in [0.2, 0.25) is 0 Å². The lowest BCUT2D eigenvalue weighted by Gasteiger charge is -1.98. The highest BCUT2D eigenvalue weighted by atomic mass is 32.1. The molecule has 1 aromatic heterocycles. The van der Waals surface area contributed by atoms with Crippen molar-refractivity contribution in [2.75, 3.05) is 13.1 Å². The maximum Gasteiger partial charge on any atom is 0.273 e. The van der Waals surface area contributed by atoms with Crippen LogP contribution in [0.4, 0.5) is 10.1 Å². The fourth-order valence-corrected chi connectivity index (χ4v) is 2.68. The summed E-state index contributed by atoms with van der Waals surface area (Å²) in [5.41, 5.74) is 0.103. The number of aryl methyl sites for hydroxylation is 1. The maximum absolute atomic E-state index is 13.4. The highest BCUT2D eigenvalue weighted by molar-refractivity contribution is 7.14. The Kier molecular flexibility index (Phi) is 5.29. The van der Waals surface area contributed by atoms with Crippen molar-refractivity contribution in [3.8, 4) is 10.6 Å². The van der Waals surface area contributed by atoms with Crippen molar-refractivity contribution < 1.29 is 9.31 Å². The number of aromatic nitrogens is 2. The number of nitro groups is 1. The zero-order valence-corrected chi connectivity index (χ0v) is 12.3. The summed E-state index contributed by atoms with van der Waals surface area (Å²) in [6, 6.07) is 3.43. The van der Waals surface area contributed by atoms with E-state index in [9.17, 15) is 14.5 Å². The quantitative estimate of drug-likeness (QED) is 0.483. The third kappa shape index (κ3) is 4.27. The number of non-ortho nitro benzene ring substituents is 1. The minimum absolute atomic E-state index is 0.283. The van der Waals surface area contributed by atoms with Gasteiger partial charge in [-0.3, -0.25) is 10.1 Å². The number of benzene rings is 1. The SMILES string of the molecule is CCNCCCc1nnc(-c2cc(F)cc([N+](=O)[O-])c2)s1. The zero-order chi connectivity index (χ0) is 15.2. The first-order valence-electron chi connectivity index (χ1n) is 6.58. The van der Waals surface area contributed by atoms with Gasteiger partial charge < -0.3 is 5.32 Å². The van der Waals surface area contributed by atoms with Crippen molar-refractivity contribution >= 4 is 17.0 Å². The van der Waals surface area contributed by atoms with E-state index < -0.39 is 10.7 Å². The van der Waals surface area contributed by atoms with Crippen LogP contribution < -0.4 is 5.32 Å². The summed E-state index contributed by atoms with van der Waals surface area (Å²) in [6.07, 6.45) is 1.72. The Morgan fingerprint density at radius 2 is 2.19 bits per heavy atom. The second kappa shape index (κ2) is 7.19. The fourth-order valence-electron chi connectivity index (χ4n) is 1.82. The lowest BCUT2D eigenvalue weighted by Crippen LogP contribution is -2.14. The van der Waals surface area contributed by atoms with Crippen LogP contribution in [0.1, 0.15) is 18.4 Å². The maximum atomic E-state index is 13.4. The molecule has 2 aromatic rings. The van der Waals surface area contributed by atoms with Gasteiger partial charge in [-0.15, -0.1) is 10.2 Å². The van der Waals surface area contributed by atoms with Crippen LogP contribution in [-0.2, 0) is 6.42 Å². The lowest BCUT2D eigenvalue weighted by molar-refractivity contribution is -0.385. The van der Waals surface area contributed by atoms with Crippen LogP contribution in [0.15, 0.2) is 18.2 Å². The Morgan fingerprint density at radius 3 is 2.90 bits per heavy atom. The Bertz CT molecular complexity index is 632. The average molecular weight is 310 g/mol. The van der Waals surface area contributed by atoms with Crippen LogP contribution in [0, 0.1) is 15.9 Å². The number of hydrogen-bond acceptors (Lipinski definition) is 6. The summed E-state index contributed by atoms with van der Waals surface area (Å²) in [4.78, 5) is 10.1. The molecule has 1 N–H and O–H groups in total. The Balaban J connectivity index is 2.12. The van der Waals surface area contributed by atoms with Gasteiger partial charge in [0.05, 0.1) is 11.0 Å². The molecule has 0 unspecified atom stereocenters. The van der Waals surface area contributed by atoms with Gasteiger partial charge in [-0.05, 0) is 25.6 Å². The van der Waals surface area contributed by atoms with Crippen LogP contribution in [0.2, 0.25) is 0 Å². The van der Waals surface area contributed by atoms with Crippen molar-refractivity contribution in [2.24, 2.45) is 0 Å². The van der Waals surface area contributed by atoms with E-state index in [1.807, 2.05) is 6.92 Å². The molecule has 1 aromatic carbocycles. The molecule has 0 bridgehead atoms. The molecule has 6 nitrogen and oxygen atoms in total. The summed E-state index contributed by atoms with van der Waals surface area (Å²) in [5, 5.41) is 23.3. The first-order valence-corrected chi connectivity index (χ1v) is 7.40. The van der Waals surface area contributed by atoms with Crippen LogP contribution in [-0.4, -0.2) is 28.2 Å². The number of nitrogens with zero attached hydrogens (tertiary/aromatic N) is 3. The van der Waals surface area contributed by atoms with Crippen molar-refractivity contribution in [1.82, 2.24) is 15.5 Å². The molecule has 0 amide bonds.